The fourth-order valence-electron chi connectivity index (χ4n) is 4.04. The van der Waals surface area contributed by atoms with Crippen molar-refractivity contribution in [1.29, 1.82) is 0 Å². The van der Waals surface area contributed by atoms with Crippen LogP contribution in [0.4, 0.5) is 0 Å². The monoisotopic (exact) mass is 309 g/mol. The second kappa shape index (κ2) is 8.88. The lowest BCUT2D eigenvalue weighted by Gasteiger charge is -2.29. The van der Waals surface area contributed by atoms with Crippen LogP contribution in [0.5, 0.6) is 0 Å². The van der Waals surface area contributed by atoms with Gasteiger partial charge in [0.1, 0.15) is 0 Å². The fourth-order valence-corrected chi connectivity index (χ4v) is 4.04. The maximum Gasteiger partial charge on any atom is 0.222 e. The molecule has 4 heteroatoms. The molecule has 0 saturated carbocycles. The molecule has 2 heterocycles. The summed E-state index contributed by atoms with van der Waals surface area (Å²) in [5, 5.41) is 3.41. The van der Waals surface area contributed by atoms with E-state index in [2.05, 4.69) is 35.9 Å². The third-order valence-corrected chi connectivity index (χ3v) is 5.73. The Morgan fingerprint density at radius 1 is 1.23 bits per heavy atom. The molecule has 2 atom stereocenters. The Bertz CT molecular complexity index is 337. The molecule has 22 heavy (non-hydrogen) atoms. The van der Waals surface area contributed by atoms with Gasteiger partial charge in [0.15, 0.2) is 0 Å². The van der Waals surface area contributed by atoms with E-state index >= 15 is 0 Å². The maximum atomic E-state index is 12.6. The Balaban J connectivity index is 1.74. The van der Waals surface area contributed by atoms with Gasteiger partial charge in [-0.15, -0.1) is 0 Å². The van der Waals surface area contributed by atoms with Gasteiger partial charge in [0, 0.05) is 26.1 Å². The molecule has 0 aromatic heterocycles. The minimum Gasteiger partial charge on any atom is -0.342 e. The predicted octanol–water partition coefficient (Wildman–Crippen LogP) is 2.20. The number of amides is 1. The summed E-state index contributed by atoms with van der Waals surface area (Å²) < 4.78 is 0. The van der Waals surface area contributed by atoms with Gasteiger partial charge in [-0.25, -0.2) is 0 Å². The summed E-state index contributed by atoms with van der Waals surface area (Å²) >= 11 is 0. The number of hydrogen-bond donors (Lipinski definition) is 1. The van der Waals surface area contributed by atoms with Crippen molar-refractivity contribution in [3.63, 3.8) is 0 Å². The van der Waals surface area contributed by atoms with Crippen molar-refractivity contribution in [3.05, 3.63) is 0 Å². The highest BCUT2D eigenvalue weighted by Crippen LogP contribution is 2.26. The summed E-state index contributed by atoms with van der Waals surface area (Å²) in [5.41, 5.74) is 0. The third-order valence-electron chi connectivity index (χ3n) is 5.73. The molecule has 0 radical (unpaired) electrons. The largest absolute Gasteiger partial charge is 0.342 e. The number of hydrogen-bond acceptors (Lipinski definition) is 3. The van der Waals surface area contributed by atoms with Crippen molar-refractivity contribution in [2.75, 3.05) is 45.8 Å². The molecule has 0 spiro atoms. The van der Waals surface area contributed by atoms with E-state index in [0.29, 0.717) is 17.7 Å². The zero-order valence-electron chi connectivity index (χ0n) is 14.8. The van der Waals surface area contributed by atoms with Gasteiger partial charge in [-0.2, -0.15) is 0 Å². The summed E-state index contributed by atoms with van der Waals surface area (Å²) in [6, 6.07) is 0. The number of piperidine rings is 1. The minimum atomic E-state index is 0.396. The highest BCUT2D eigenvalue weighted by atomic mass is 16.2. The third kappa shape index (κ3) is 4.95. The summed E-state index contributed by atoms with van der Waals surface area (Å²) in [7, 11) is 0. The van der Waals surface area contributed by atoms with Crippen molar-refractivity contribution >= 4 is 5.91 Å². The lowest BCUT2D eigenvalue weighted by molar-refractivity contribution is -0.131. The van der Waals surface area contributed by atoms with Crippen LogP contribution in [0.1, 0.15) is 46.5 Å². The van der Waals surface area contributed by atoms with Gasteiger partial charge in [-0.3, -0.25) is 4.79 Å². The van der Waals surface area contributed by atoms with Crippen LogP contribution in [-0.2, 0) is 4.79 Å². The van der Waals surface area contributed by atoms with Crippen molar-refractivity contribution in [2.45, 2.75) is 46.5 Å². The van der Waals surface area contributed by atoms with E-state index in [1.165, 1.54) is 19.3 Å². The van der Waals surface area contributed by atoms with E-state index in [4.69, 9.17) is 0 Å². The molecule has 1 N–H and O–H groups in total. The van der Waals surface area contributed by atoms with E-state index in [-0.39, 0.29) is 0 Å². The summed E-state index contributed by atoms with van der Waals surface area (Å²) in [4.78, 5) is 17.2. The van der Waals surface area contributed by atoms with Crippen LogP contribution in [0.2, 0.25) is 0 Å². The molecule has 1 amide bonds. The van der Waals surface area contributed by atoms with E-state index in [0.717, 1.165) is 58.2 Å². The molecule has 0 aromatic carbocycles. The predicted molar refractivity (Wildman–Crippen MR) is 91.8 cm³/mol. The lowest BCUT2D eigenvalue weighted by Crippen LogP contribution is -2.36. The number of rotatable bonds is 7. The van der Waals surface area contributed by atoms with Crippen molar-refractivity contribution in [1.82, 2.24) is 15.1 Å². The summed E-state index contributed by atoms with van der Waals surface area (Å²) in [5.74, 6) is 2.35. The van der Waals surface area contributed by atoms with E-state index in [1.807, 2.05) is 0 Å². The van der Waals surface area contributed by atoms with Crippen molar-refractivity contribution < 1.29 is 4.79 Å². The molecule has 0 bridgehead atoms. The first-order chi connectivity index (χ1) is 10.6. The smallest absolute Gasteiger partial charge is 0.222 e. The molecule has 0 aromatic rings. The molecule has 2 aliphatic rings. The van der Waals surface area contributed by atoms with Gasteiger partial charge < -0.3 is 15.1 Å². The fraction of sp³-hybridized carbons (Fsp3) is 0.944. The molecular formula is C18H35N3O. The minimum absolute atomic E-state index is 0.396. The van der Waals surface area contributed by atoms with Gasteiger partial charge in [-0.05, 0) is 63.2 Å². The number of carbonyl (C=O) groups excluding carboxylic acids is 1. The van der Waals surface area contributed by atoms with Crippen molar-refractivity contribution in [3.8, 4) is 0 Å². The van der Waals surface area contributed by atoms with Crippen LogP contribution in [0, 0.1) is 17.8 Å². The Morgan fingerprint density at radius 3 is 2.55 bits per heavy atom. The van der Waals surface area contributed by atoms with Gasteiger partial charge in [-0.1, -0.05) is 20.8 Å². The first kappa shape index (κ1) is 17.7. The first-order valence-corrected chi connectivity index (χ1v) is 9.34. The molecule has 2 aliphatic heterocycles. The van der Waals surface area contributed by atoms with Crippen LogP contribution in [0.25, 0.3) is 0 Å². The molecule has 2 rings (SSSR count). The van der Waals surface area contributed by atoms with Gasteiger partial charge in [0.2, 0.25) is 5.91 Å². The Kier molecular flexibility index (Phi) is 7.16. The second-order valence-electron chi connectivity index (χ2n) is 7.25. The second-order valence-corrected chi connectivity index (χ2v) is 7.25. The van der Waals surface area contributed by atoms with Gasteiger partial charge in [0.05, 0.1) is 0 Å². The number of likely N-dealkylation sites (tertiary alicyclic amines) is 1. The highest BCUT2D eigenvalue weighted by molar-refractivity contribution is 5.76. The Hall–Kier alpha value is -0.610. The first-order valence-electron chi connectivity index (χ1n) is 9.34. The molecule has 0 aliphatic carbocycles. The maximum absolute atomic E-state index is 12.6. The van der Waals surface area contributed by atoms with E-state index in [9.17, 15) is 4.79 Å². The topological polar surface area (TPSA) is 35.6 Å². The zero-order chi connectivity index (χ0) is 15.9. The quantitative estimate of drug-likeness (QED) is 0.783. The molecule has 2 fully saturated rings. The van der Waals surface area contributed by atoms with Crippen LogP contribution in [0.15, 0.2) is 0 Å². The van der Waals surface area contributed by atoms with Gasteiger partial charge >= 0.3 is 0 Å². The number of nitrogens with zero attached hydrogens (tertiary/aromatic N) is 2. The van der Waals surface area contributed by atoms with Crippen molar-refractivity contribution in [2.24, 2.45) is 17.8 Å². The molecule has 4 nitrogen and oxygen atoms in total. The lowest BCUT2D eigenvalue weighted by atomic mass is 9.84. The SMILES string of the molecule is CCN(CC)CC1CCN(C(=O)CC(C)C2CCNCC2)C1. The highest BCUT2D eigenvalue weighted by Gasteiger charge is 2.29. The summed E-state index contributed by atoms with van der Waals surface area (Å²) in [6.45, 7) is 14.3. The molecule has 2 saturated heterocycles. The molecule has 2 unspecified atom stereocenters. The molecular weight excluding hydrogens is 274 g/mol. The average Bonchev–Trinajstić information content (AvgIpc) is 3.02. The van der Waals surface area contributed by atoms with Crippen LogP contribution in [0.3, 0.4) is 0 Å². The van der Waals surface area contributed by atoms with Crippen LogP contribution >= 0.6 is 0 Å². The standard InChI is InChI=1S/C18H35N3O/c1-4-20(5-2)13-16-8-11-21(14-16)18(22)12-15(3)17-6-9-19-10-7-17/h15-17,19H,4-14H2,1-3H3. The average molecular weight is 309 g/mol. The summed E-state index contributed by atoms with van der Waals surface area (Å²) in [6.07, 6.45) is 4.41. The van der Waals surface area contributed by atoms with Gasteiger partial charge in [0.25, 0.3) is 0 Å². The Morgan fingerprint density at radius 2 is 1.91 bits per heavy atom. The number of carbonyl (C=O) groups is 1. The normalized spacial score (nSPS) is 24.9. The van der Waals surface area contributed by atoms with E-state index in [1.54, 1.807) is 0 Å². The zero-order valence-corrected chi connectivity index (χ0v) is 14.8. The Labute approximate surface area is 136 Å². The van der Waals surface area contributed by atoms with Crippen LogP contribution < -0.4 is 5.32 Å². The molecule has 128 valence electrons. The van der Waals surface area contributed by atoms with E-state index < -0.39 is 0 Å². The number of nitrogens with one attached hydrogen (secondary N) is 1. The van der Waals surface area contributed by atoms with Crippen LogP contribution in [-0.4, -0.2) is 61.5 Å².